The number of guanidine groups is 1. The van der Waals surface area contributed by atoms with Crippen LogP contribution in [-0.4, -0.2) is 42.0 Å². The Bertz CT molecular complexity index is 708. The molecule has 0 aliphatic carbocycles. The minimum atomic E-state index is 0.195. The minimum Gasteiger partial charge on any atom is -0.383 e. The van der Waals surface area contributed by atoms with Crippen LogP contribution in [0.15, 0.2) is 35.3 Å². The molecule has 1 heterocycles. The predicted octanol–water partition coefficient (Wildman–Crippen LogP) is 2.64. The Hall–Kier alpha value is -2.34. The number of aryl methyl sites for hydroxylation is 1. The van der Waals surface area contributed by atoms with Crippen LogP contribution in [0.2, 0.25) is 0 Å². The summed E-state index contributed by atoms with van der Waals surface area (Å²) in [7, 11) is 1.70. The normalized spacial score (nSPS) is 12.9. The molecule has 6 nitrogen and oxygen atoms in total. The fraction of sp³-hybridized carbons (Fsp3) is 0.500. The van der Waals surface area contributed by atoms with Crippen molar-refractivity contribution in [1.29, 1.82) is 0 Å². The van der Waals surface area contributed by atoms with Gasteiger partial charge in [0.1, 0.15) is 0 Å². The summed E-state index contributed by atoms with van der Waals surface area (Å²) in [6.45, 7) is 11.1. The quantitative estimate of drug-likeness (QED) is 0.563. The maximum atomic E-state index is 5.18. The van der Waals surface area contributed by atoms with Gasteiger partial charge in [-0.15, -0.1) is 0 Å². The number of nitrogens with one attached hydrogen (secondary N) is 2. The molecule has 142 valence electrons. The van der Waals surface area contributed by atoms with Crippen LogP contribution in [0.3, 0.4) is 0 Å². The highest BCUT2D eigenvalue weighted by molar-refractivity contribution is 5.80. The summed E-state index contributed by atoms with van der Waals surface area (Å²) in [5.41, 5.74) is 4.62. The van der Waals surface area contributed by atoms with E-state index in [9.17, 15) is 0 Å². The third-order valence-corrected chi connectivity index (χ3v) is 4.25. The van der Waals surface area contributed by atoms with Crippen LogP contribution in [-0.2, 0) is 17.8 Å². The highest BCUT2D eigenvalue weighted by atomic mass is 16.5. The second-order valence-corrected chi connectivity index (χ2v) is 6.49. The number of methoxy groups -OCH3 is 1. The monoisotopic (exact) mass is 357 g/mol. The molecule has 1 unspecified atom stereocenters. The van der Waals surface area contributed by atoms with Gasteiger partial charge in [-0.25, -0.2) is 4.99 Å². The Morgan fingerprint density at radius 3 is 2.65 bits per heavy atom. The van der Waals surface area contributed by atoms with Crippen molar-refractivity contribution in [2.75, 3.05) is 20.3 Å². The largest absolute Gasteiger partial charge is 0.383 e. The first-order chi connectivity index (χ1) is 12.5. The Morgan fingerprint density at radius 2 is 2.00 bits per heavy atom. The maximum absolute atomic E-state index is 5.18. The van der Waals surface area contributed by atoms with E-state index >= 15 is 0 Å². The molecule has 0 aliphatic rings. The van der Waals surface area contributed by atoms with Gasteiger partial charge in [0.15, 0.2) is 5.96 Å². The molecule has 6 heteroatoms. The van der Waals surface area contributed by atoms with Gasteiger partial charge >= 0.3 is 0 Å². The van der Waals surface area contributed by atoms with Gasteiger partial charge < -0.3 is 15.4 Å². The van der Waals surface area contributed by atoms with Crippen molar-refractivity contribution in [3.63, 3.8) is 0 Å². The first-order valence-corrected chi connectivity index (χ1v) is 9.15. The third-order valence-electron chi connectivity index (χ3n) is 4.25. The molecule has 0 aliphatic heterocycles. The molecular formula is C20H31N5O. The number of ether oxygens (including phenoxy) is 1. The van der Waals surface area contributed by atoms with E-state index < -0.39 is 0 Å². The zero-order chi connectivity index (χ0) is 18.9. The Morgan fingerprint density at radius 1 is 1.27 bits per heavy atom. The van der Waals surface area contributed by atoms with Crippen LogP contribution in [0.25, 0.3) is 0 Å². The number of aromatic nitrogens is 2. The maximum Gasteiger partial charge on any atom is 0.191 e. The molecule has 0 spiro atoms. The topological polar surface area (TPSA) is 63.5 Å². The van der Waals surface area contributed by atoms with Crippen LogP contribution < -0.4 is 10.6 Å². The number of benzene rings is 1. The lowest BCUT2D eigenvalue weighted by Gasteiger charge is -2.17. The average molecular weight is 358 g/mol. The van der Waals surface area contributed by atoms with Crippen LogP contribution in [0, 0.1) is 13.8 Å². The SMILES string of the molecule is CCNC(=NCc1c(C)nn(Cc2ccccc2)c1C)NC(C)COC. The van der Waals surface area contributed by atoms with Crippen molar-refractivity contribution in [1.82, 2.24) is 20.4 Å². The van der Waals surface area contributed by atoms with Crippen LogP contribution in [0.5, 0.6) is 0 Å². The van der Waals surface area contributed by atoms with Gasteiger partial charge in [-0.05, 0) is 33.3 Å². The third kappa shape index (κ3) is 5.59. The predicted molar refractivity (Wildman–Crippen MR) is 107 cm³/mol. The Labute approximate surface area is 156 Å². The molecule has 1 aromatic heterocycles. The molecule has 0 saturated carbocycles. The van der Waals surface area contributed by atoms with Crippen molar-refractivity contribution in [2.24, 2.45) is 4.99 Å². The van der Waals surface area contributed by atoms with Crippen LogP contribution in [0.4, 0.5) is 0 Å². The summed E-state index contributed by atoms with van der Waals surface area (Å²) in [6.07, 6.45) is 0. The zero-order valence-corrected chi connectivity index (χ0v) is 16.5. The summed E-state index contributed by atoms with van der Waals surface area (Å²) in [5, 5.41) is 11.4. The molecule has 0 radical (unpaired) electrons. The smallest absolute Gasteiger partial charge is 0.191 e. The van der Waals surface area contributed by atoms with E-state index in [4.69, 9.17) is 14.8 Å². The van der Waals surface area contributed by atoms with Gasteiger partial charge in [0.05, 0.1) is 25.4 Å². The van der Waals surface area contributed by atoms with E-state index in [1.807, 2.05) is 13.0 Å². The number of hydrogen-bond acceptors (Lipinski definition) is 3. The molecule has 2 N–H and O–H groups in total. The van der Waals surface area contributed by atoms with Crippen molar-refractivity contribution >= 4 is 5.96 Å². The minimum absolute atomic E-state index is 0.195. The molecule has 26 heavy (non-hydrogen) atoms. The van der Waals surface area contributed by atoms with Gasteiger partial charge in [-0.1, -0.05) is 30.3 Å². The number of aliphatic imine (C=N–C) groups is 1. The summed E-state index contributed by atoms with van der Waals surface area (Å²) in [6, 6.07) is 10.6. The summed E-state index contributed by atoms with van der Waals surface area (Å²) >= 11 is 0. The Kier molecular flexibility index (Phi) is 7.66. The van der Waals surface area contributed by atoms with Crippen molar-refractivity contribution in [2.45, 2.75) is 46.8 Å². The first-order valence-electron chi connectivity index (χ1n) is 9.15. The van der Waals surface area contributed by atoms with Crippen LogP contribution in [0.1, 0.15) is 36.4 Å². The molecule has 1 aromatic carbocycles. The standard InChI is InChI=1S/C20H31N5O/c1-6-21-20(23-15(2)14-26-5)22-12-19-16(3)24-25(17(19)4)13-18-10-8-7-9-11-18/h7-11,15H,6,12-14H2,1-5H3,(H2,21,22,23). The molecular weight excluding hydrogens is 326 g/mol. The van der Waals surface area contributed by atoms with E-state index in [2.05, 4.69) is 60.4 Å². The fourth-order valence-corrected chi connectivity index (χ4v) is 2.88. The molecule has 2 aromatic rings. The lowest BCUT2D eigenvalue weighted by Crippen LogP contribution is -2.43. The van der Waals surface area contributed by atoms with E-state index in [1.54, 1.807) is 7.11 Å². The molecule has 0 fully saturated rings. The lowest BCUT2D eigenvalue weighted by molar-refractivity contribution is 0.179. The van der Waals surface area contributed by atoms with Gasteiger partial charge in [0.25, 0.3) is 0 Å². The first kappa shape index (κ1) is 20.0. The van der Waals surface area contributed by atoms with E-state index in [0.29, 0.717) is 13.2 Å². The highest BCUT2D eigenvalue weighted by Crippen LogP contribution is 2.16. The lowest BCUT2D eigenvalue weighted by atomic mass is 10.2. The summed E-state index contributed by atoms with van der Waals surface area (Å²) < 4.78 is 7.24. The Balaban J connectivity index is 2.12. The van der Waals surface area contributed by atoms with Gasteiger partial charge in [-0.3, -0.25) is 4.68 Å². The van der Waals surface area contributed by atoms with E-state index in [1.165, 1.54) is 11.1 Å². The van der Waals surface area contributed by atoms with Crippen LogP contribution >= 0.6 is 0 Å². The highest BCUT2D eigenvalue weighted by Gasteiger charge is 2.12. The summed E-state index contributed by atoms with van der Waals surface area (Å²) in [4.78, 5) is 4.73. The van der Waals surface area contributed by atoms with E-state index in [-0.39, 0.29) is 6.04 Å². The molecule has 0 amide bonds. The second kappa shape index (κ2) is 9.97. The molecule has 1 atom stereocenters. The molecule has 2 rings (SSSR count). The van der Waals surface area contributed by atoms with Gasteiger partial charge in [0.2, 0.25) is 0 Å². The summed E-state index contributed by atoms with van der Waals surface area (Å²) in [5.74, 6) is 0.798. The molecule has 0 bridgehead atoms. The van der Waals surface area contributed by atoms with Crippen molar-refractivity contribution < 1.29 is 4.74 Å². The second-order valence-electron chi connectivity index (χ2n) is 6.49. The number of hydrogen-bond donors (Lipinski definition) is 2. The molecule has 0 saturated heterocycles. The number of rotatable bonds is 8. The van der Waals surface area contributed by atoms with Crippen molar-refractivity contribution in [3.8, 4) is 0 Å². The van der Waals surface area contributed by atoms with Gasteiger partial charge in [0, 0.05) is 31.0 Å². The van der Waals surface area contributed by atoms with Gasteiger partial charge in [-0.2, -0.15) is 5.10 Å². The zero-order valence-electron chi connectivity index (χ0n) is 16.5. The average Bonchev–Trinajstić information content (AvgIpc) is 2.87. The number of nitrogens with zero attached hydrogens (tertiary/aromatic N) is 3. The van der Waals surface area contributed by atoms with Crippen molar-refractivity contribution in [3.05, 3.63) is 52.8 Å². The fourth-order valence-electron chi connectivity index (χ4n) is 2.88. The van der Waals surface area contributed by atoms with E-state index in [0.717, 1.165) is 30.4 Å².